The number of rotatable bonds is 6. The van der Waals surface area contributed by atoms with Crippen molar-refractivity contribution in [1.29, 1.82) is 0 Å². The van der Waals surface area contributed by atoms with Gasteiger partial charge in [-0.1, -0.05) is 17.7 Å². The van der Waals surface area contributed by atoms with Gasteiger partial charge in [-0.25, -0.2) is 12.8 Å². The van der Waals surface area contributed by atoms with E-state index in [-0.39, 0.29) is 28.4 Å². The predicted molar refractivity (Wildman–Crippen MR) is 149 cm³/mol. The molecule has 0 radical (unpaired) electrons. The van der Waals surface area contributed by atoms with E-state index in [1.165, 1.54) is 50.5 Å². The third kappa shape index (κ3) is 6.14. The normalized spacial score (nSPS) is 20.6. The van der Waals surface area contributed by atoms with E-state index >= 15 is 0 Å². The van der Waals surface area contributed by atoms with E-state index in [1.54, 1.807) is 18.2 Å². The summed E-state index contributed by atoms with van der Waals surface area (Å²) < 4.78 is 39.5. The number of hydrogen-bond donors (Lipinski definition) is 2. The number of phenolic OH excluding ortho intramolecular Hbond substituents is 1. The zero-order chi connectivity index (χ0) is 25.4. The van der Waals surface area contributed by atoms with Crippen LogP contribution in [0.25, 0.3) is 22.0 Å². The largest absolute Gasteiger partial charge is 0.504 e. The molecule has 200 valence electrons. The Morgan fingerprint density at radius 3 is 2.46 bits per heavy atom. The molecular weight excluding hydrogens is 536 g/mol. The first kappa shape index (κ1) is 27.9. The van der Waals surface area contributed by atoms with Gasteiger partial charge in [0.05, 0.1) is 16.2 Å². The van der Waals surface area contributed by atoms with E-state index in [0.717, 1.165) is 32.2 Å². The van der Waals surface area contributed by atoms with Crippen LogP contribution in [0, 0.1) is 11.7 Å². The molecule has 1 aliphatic carbocycles. The number of sulfone groups is 1. The van der Waals surface area contributed by atoms with E-state index in [4.69, 9.17) is 11.6 Å². The third-order valence-corrected chi connectivity index (χ3v) is 8.89. The monoisotopic (exact) mass is 567 g/mol. The summed E-state index contributed by atoms with van der Waals surface area (Å²) >= 11 is 6.00. The lowest BCUT2D eigenvalue weighted by Gasteiger charge is -2.32. The lowest BCUT2D eigenvalue weighted by Crippen LogP contribution is -2.33. The van der Waals surface area contributed by atoms with Gasteiger partial charge >= 0.3 is 0 Å². The van der Waals surface area contributed by atoms with Crippen LogP contribution < -0.4 is 5.32 Å². The second-order valence-corrected chi connectivity index (χ2v) is 12.6. The molecule has 5 rings (SSSR count). The molecule has 1 saturated carbocycles. The number of hydrogen-bond acceptors (Lipinski definition) is 6. The highest BCUT2D eigenvalue weighted by molar-refractivity contribution is 7.90. The van der Waals surface area contributed by atoms with Crippen LogP contribution in [0.1, 0.15) is 38.5 Å². The second-order valence-electron chi connectivity index (χ2n) is 10.2. The van der Waals surface area contributed by atoms with Gasteiger partial charge in [0.1, 0.15) is 4.90 Å². The molecule has 10 heteroatoms. The number of nitrogens with one attached hydrogen (secondary N) is 1. The van der Waals surface area contributed by atoms with Gasteiger partial charge in [0.15, 0.2) is 21.4 Å². The van der Waals surface area contributed by atoms with Crippen LogP contribution in [0.3, 0.4) is 0 Å². The van der Waals surface area contributed by atoms with Crippen molar-refractivity contribution in [3.63, 3.8) is 0 Å². The highest BCUT2D eigenvalue weighted by atomic mass is 35.5. The molecule has 2 fully saturated rings. The van der Waals surface area contributed by atoms with Gasteiger partial charge in [-0.2, -0.15) is 0 Å². The van der Waals surface area contributed by atoms with E-state index in [1.807, 2.05) is 0 Å². The van der Waals surface area contributed by atoms with Crippen molar-refractivity contribution in [3.8, 4) is 16.9 Å². The first-order valence-corrected chi connectivity index (χ1v) is 14.8. The topological polar surface area (TPSA) is 82.5 Å². The first-order valence-electron chi connectivity index (χ1n) is 12.5. The SMILES string of the molecule is CS(=O)(=O)c1cnc2ccc(-c3cc(F)c(O)c(Cl)c3)cc2c1NC1CCC(CN2CCCC2)CC1.Cl. The molecule has 1 saturated heterocycles. The van der Waals surface area contributed by atoms with Crippen molar-refractivity contribution in [2.24, 2.45) is 5.92 Å². The minimum atomic E-state index is -3.54. The molecule has 0 amide bonds. The Hall–Kier alpha value is -2.13. The maximum absolute atomic E-state index is 14.2. The molecule has 1 aliphatic heterocycles. The van der Waals surface area contributed by atoms with E-state index in [2.05, 4.69) is 15.2 Å². The zero-order valence-electron chi connectivity index (χ0n) is 20.7. The maximum atomic E-state index is 14.2. The summed E-state index contributed by atoms with van der Waals surface area (Å²) in [5.74, 6) is -0.722. The first-order chi connectivity index (χ1) is 17.2. The van der Waals surface area contributed by atoms with Crippen molar-refractivity contribution in [1.82, 2.24) is 9.88 Å². The van der Waals surface area contributed by atoms with Crippen LogP contribution in [0.15, 0.2) is 41.4 Å². The van der Waals surface area contributed by atoms with Gasteiger partial charge in [-0.05, 0) is 92.9 Å². The minimum absolute atomic E-state index is 0. The Balaban J connectivity index is 0.00000320. The molecule has 1 aromatic heterocycles. The molecule has 6 nitrogen and oxygen atoms in total. The van der Waals surface area contributed by atoms with Crippen molar-refractivity contribution in [3.05, 3.63) is 47.4 Å². The lowest BCUT2D eigenvalue weighted by atomic mass is 9.85. The average Bonchev–Trinajstić information content (AvgIpc) is 3.35. The van der Waals surface area contributed by atoms with Gasteiger partial charge in [0.25, 0.3) is 0 Å². The summed E-state index contributed by atoms with van der Waals surface area (Å²) in [4.78, 5) is 7.11. The Labute approximate surface area is 228 Å². The van der Waals surface area contributed by atoms with Crippen molar-refractivity contribution in [2.45, 2.75) is 49.5 Å². The predicted octanol–water partition coefficient (Wildman–Crippen LogP) is 6.29. The fourth-order valence-corrected chi connectivity index (χ4v) is 6.53. The van der Waals surface area contributed by atoms with Gasteiger partial charge in [0, 0.05) is 30.4 Å². The molecule has 0 unspecified atom stereocenters. The maximum Gasteiger partial charge on any atom is 0.179 e. The Morgan fingerprint density at radius 1 is 1.11 bits per heavy atom. The number of aromatic hydroxyl groups is 1. The Bertz CT molecular complexity index is 1370. The molecular formula is C27H32Cl2FN3O3S. The summed E-state index contributed by atoms with van der Waals surface area (Å²) in [5.41, 5.74) is 2.31. The molecule has 3 aromatic rings. The van der Waals surface area contributed by atoms with Gasteiger partial charge in [-0.15, -0.1) is 12.4 Å². The number of nitrogens with zero attached hydrogens (tertiary/aromatic N) is 2. The lowest BCUT2D eigenvalue weighted by molar-refractivity contribution is 0.228. The number of benzene rings is 2. The third-order valence-electron chi connectivity index (χ3n) is 7.49. The standard InChI is InChI=1S/C27H31ClFN3O3S.ClH/c1-36(34,35)25-15-30-24-9-6-18(19-13-22(28)27(33)23(29)14-19)12-21(24)26(25)31-20-7-4-17(5-8-20)16-32-10-2-3-11-32;/h6,9,12-15,17,20,33H,2-5,7-8,10-11,16H2,1H3,(H,30,31);1H. The van der Waals surface area contributed by atoms with Crippen LogP contribution in [0.2, 0.25) is 5.02 Å². The number of aromatic nitrogens is 1. The summed E-state index contributed by atoms with van der Waals surface area (Å²) in [6.45, 7) is 3.57. The molecule has 0 bridgehead atoms. The molecule has 37 heavy (non-hydrogen) atoms. The summed E-state index contributed by atoms with van der Waals surface area (Å²) in [7, 11) is -3.54. The summed E-state index contributed by atoms with van der Waals surface area (Å²) in [6, 6.07) is 8.24. The molecule has 2 heterocycles. The van der Waals surface area contributed by atoms with Crippen LogP contribution >= 0.6 is 24.0 Å². The average molecular weight is 569 g/mol. The minimum Gasteiger partial charge on any atom is -0.504 e. The van der Waals surface area contributed by atoms with E-state index in [0.29, 0.717) is 33.6 Å². The zero-order valence-corrected chi connectivity index (χ0v) is 23.1. The number of phenols is 1. The van der Waals surface area contributed by atoms with Crippen LogP contribution in [0.5, 0.6) is 5.75 Å². The highest BCUT2D eigenvalue weighted by Crippen LogP contribution is 2.37. The van der Waals surface area contributed by atoms with Crippen LogP contribution in [-0.4, -0.2) is 55.3 Å². The molecule has 2 N–H and O–H groups in total. The smallest absolute Gasteiger partial charge is 0.179 e. The van der Waals surface area contributed by atoms with Gasteiger partial charge in [0.2, 0.25) is 0 Å². The Kier molecular flexibility index (Phi) is 8.53. The molecule has 2 aliphatic rings. The van der Waals surface area contributed by atoms with Crippen molar-refractivity contribution in [2.75, 3.05) is 31.2 Å². The summed E-state index contributed by atoms with van der Waals surface area (Å²) in [5, 5.41) is 13.8. The fourth-order valence-electron chi connectivity index (χ4n) is 5.54. The number of likely N-dealkylation sites (tertiary alicyclic amines) is 1. The van der Waals surface area contributed by atoms with Crippen LogP contribution in [0.4, 0.5) is 10.1 Å². The second kappa shape index (κ2) is 11.3. The van der Waals surface area contributed by atoms with E-state index in [9.17, 15) is 17.9 Å². The molecule has 0 atom stereocenters. The highest BCUT2D eigenvalue weighted by Gasteiger charge is 2.26. The molecule has 2 aromatic carbocycles. The quantitative estimate of drug-likeness (QED) is 0.364. The van der Waals surface area contributed by atoms with Gasteiger partial charge in [-0.3, -0.25) is 4.98 Å². The molecule has 0 spiro atoms. The van der Waals surface area contributed by atoms with Crippen LogP contribution in [-0.2, 0) is 9.84 Å². The number of pyridine rings is 1. The van der Waals surface area contributed by atoms with E-state index < -0.39 is 21.4 Å². The number of fused-ring (bicyclic) bond motifs is 1. The van der Waals surface area contributed by atoms with Gasteiger partial charge < -0.3 is 15.3 Å². The van der Waals surface area contributed by atoms with Crippen molar-refractivity contribution < 1.29 is 17.9 Å². The fraction of sp³-hybridized carbons (Fsp3) is 0.444. The summed E-state index contributed by atoms with van der Waals surface area (Å²) in [6.07, 6.45) is 9.37. The van der Waals surface area contributed by atoms with Crippen molar-refractivity contribution >= 4 is 50.4 Å². The number of anilines is 1. The number of halogens is 3. The Morgan fingerprint density at radius 2 is 1.81 bits per heavy atom.